The summed E-state index contributed by atoms with van der Waals surface area (Å²) in [6, 6.07) is 7.10. The fourth-order valence-corrected chi connectivity index (χ4v) is 0.978. The van der Waals surface area contributed by atoms with Crippen LogP contribution in [0.4, 0.5) is 5.69 Å². The molecule has 0 bridgehead atoms. The van der Waals surface area contributed by atoms with Crippen LogP contribution >= 0.6 is 11.6 Å². The number of hydrogen-bond acceptors (Lipinski definition) is 2. The van der Waals surface area contributed by atoms with Crippen LogP contribution in [0, 0.1) is 0 Å². The SMILES string of the molecule is NC(=O)CNc1cccc(Cl)c1. The van der Waals surface area contributed by atoms with Gasteiger partial charge in [-0.3, -0.25) is 4.79 Å². The lowest BCUT2D eigenvalue weighted by Gasteiger charge is -2.02. The highest BCUT2D eigenvalue weighted by atomic mass is 35.5. The highest BCUT2D eigenvalue weighted by Gasteiger charge is 1.94. The Labute approximate surface area is 75.5 Å². The third kappa shape index (κ3) is 2.80. The molecule has 0 saturated heterocycles. The second kappa shape index (κ2) is 3.97. The van der Waals surface area contributed by atoms with E-state index in [0.29, 0.717) is 5.02 Å². The third-order valence-corrected chi connectivity index (χ3v) is 1.53. The molecule has 1 amide bonds. The molecule has 3 nitrogen and oxygen atoms in total. The number of nitrogens with one attached hydrogen (secondary N) is 1. The van der Waals surface area contributed by atoms with E-state index in [1.807, 2.05) is 6.07 Å². The fraction of sp³-hybridized carbons (Fsp3) is 0.125. The molecular formula is C8H9ClN2O. The standard InChI is InChI=1S/C8H9ClN2O/c9-6-2-1-3-7(4-6)11-5-8(10)12/h1-4,11H,5H2,(H2,10,12). The van der Waals surface area contributed by atoms with Crippen LogP contribution in [0.15, 0.2) is 24.3 Å². The molecule has 0 fully saturated rings. The molecule has 0 aliphatic rings. The second-order valence-electron chi connectivity index (χ2n) is 2.33. The average molecular weight is 185 g/mol. The molecule has 4 heteroatoms. The van der Waals surface area contributed by atoms with E-state index in [2.05, 4.69) is 5.32 Å². The van der Waals surface area contributed by atoms with Gasteiger partial charge in [0.1, 0.15) is 0 Å². The predicted molar refractivity (Wildman–Crippen MR) is 49.1 cm³/mol. The summed E-state index contributed by atoms with van der Waals surface area (Å²) in [6.07, 6.45) is 0. The van der Waals surface area contributed by atoms with Gasteiger partial charge in [0, 0.05) is 10.7 Å². The molecule has 12 heavy (non-hydrogen) atoms. The summed E-state index contributed by atoms with van der Waals surface area (Å²) < 4.78 is 0. The Kier molecular flexibility index (Phi) is 2.94. The number of amides is 1. The zero-order valence-electron chi connectivity index (χ0n) is 6.38. The van der Waals surface area contributed by atoms with Crippen molar-refractivity contribution in [2.75, 3.05) is 11.9 Å². The quantitative estimate of drug-likeness (QED) is 0.743. The summed E-state index contributed by atoms with van der Waals surface area (Å²) in [5.41, 5.74) is 5.74. The van der Waals surface area contributed by atoms with Gasteiger partial charge in [-0.2, -0.15) is 0 Å². The zero-order valence-corrected chi connectivity index (χ0v) is 7.14. The van der Waals surface area contributed by atoms with Gasteiger partial charge in [-0.25, -0.2) is 0 Å². The summed E-state index contributed by atoms with van der Waals surface area (Å²) in [5.74, 6) is -0.394. The first-order valence-electron chi connectivity index (χ1n) is 3.46. The molecule has 1 rings (SSSR count). The van der Waals surface area contributed by atoms with E-state index in [-0.39, 0.29) is 6.54 Å². The van der Waals surface area contributed by atoms with Crippen molar-refractivity contribution < 1.29 is 4.79 Å². The van der Waals surface area contributed by atoms with Crippen LogP contribution in [0.3, 0.4) is 0 Å². The van der Waals surface area contributed by atoms with Crippen molar-refractivity contribution >= 4 is 23.2 Å². The van der Waals surface area contributed by atoms with E-state index in [9.17, 15) is 4.79 Å². The van der Waals surface area contributed by atoms with Gasteiger partial charge in [-0.15, -0.1) is 0 Å². The molecule has 1 aromatic carbocycles. The molecule has 3 N–H and O–H groups in total. The largest absolute Gasteiger partial charge is 0.376 e. The van der Waals surface area contributed by atoms with E-state index < -0.39 is 5.91 Å². The molecule has 0 unspecified atom stereocenters. The second-order valence-corrected chi connectivity index (χ2v) is 2.77. The van der Waals surface area contributed by atoms with Crippen LogP contribution in [-0.2, 0) is 4.79 Å². The number of anilines is 1. The van der Waals surface area contributed by atoms with E-state index in [0.717, 1.165) is 5.69 Å². The van der Waals surface area contributed by atoms with Gasteiger partial charge in [-0.05, 0) is 18.2 Å². The summed E-state index contributed by atoms with van der Waals surface area (Å²) in [6.45, 7) is 0.125. The van der Waals surface area contributed by atoms with Crippen LogP contribution in [-0.4, -0.2) is 12.5 Å². The molecule has 0 aliphatic heterocycles. The monoisotopic (exact) mass is 184 g/mol. The molecule has 0 atom stereocenters. The Morgan fingerprint density at radius 1 is 1.58 bits per heavy atom. The fourth-order valence-electron chi connectivity index (χ4n) is 0.788. The van der Waals surface area contributed by atoms with Gasteiger partial charge >= 0.3 is 0 Å². The first kappa shape index (κ1) is 8.87. The van der Waals surface area contributed by atoms with Crippen molar-refractivity contribution in [2.24, 2.45) is 5.73 Å². The molecule has 0 heterocycles. The number of rotatable bonds is 3. The lowest BCUT2D eigenvalue weighted by molar-refractivity contribution is -0.116. The molecule has 0 radical (unpaired) electrons. The van der Waals surface area contributed by atoms with Gasteiger partial charge in [-0.1, -0.05) is 17.7 Å². The first-order chi connectivity index (χ1) is 5.68. The van der Waals surface area contributed by atoms with Crippen molar-refractivity contribution in [1.29, 1.82) is 0 Å². The summed E-state index contributed by atoms with van der Waals surface area (Å²) in [4.78, 5) is 10.4. The normalized spacial score (nSPS) is 9.42. The summed E-state index contributed by atoms with van der Waals surface area (Å²) >= 11 is 5.70. The minimum atomic E-state index is -0.394. The number of hydrogen-bond donors (Lipinski definition) is 2. The smallest absolute Gasteiger partial charge is 0.236 e. The van der Waals surface area contributed by atoms with Crippen LogP contribution in [0.25, 0.3) is 0 Å². The van der Waals surface area contributed by atoms with Crippen molar-refractivity contribution in [3.05, 3.63) is 29.3 Å². The van der Waals surface area contributed by atoms with E-state index in [1.54, 1.807) is 18.2 Å². The van der Waals surface area contributed by atoms with Crippen LogP contribution < -0.4 is 11.1 Å². The summed E-state index contributed by atoms with van der Waals surface area (Å²) in [5, 5.41) is 3.46. The minimum absolute atomic E-state index is 0.125. The molecule has 0 aliphatic carbocycles. The van der Waals surface area contributed by atoms with Crippen molar-refractivity contribution in [1.82, 2.24) is 0 Å². The summed E-state index contributed by atoms with van der Waals surface area (Å²) in [7, 11) is 0. The van der Waals surface area contributed by atoms with Crippen LogP contribution in [0.2, 0.25) is 5.02 Å². The predicted octanol–water partition coefficient (Wildman–Crippen LogP) is 1.24. The number of benzene rings is 1. The van der Waals surface area contributed by atoms with Crippen LogP contribution in [0.1, 0.15) is 0 Å². The van der Waals surface area contributed by atoms with E-state index in [4.69, 9.17) is 17.3 Å². The van der Waals surface area contributed by atoms with Gasteiger partial charge in [0.25, 0.3) is 0 Å². The molecule has 64 valence electrons. The highest BCUT2D eigenvalue weighted by molar-refractivity contribution is 6.30. The van der Waals surface area contributed by atoms with Crippen molar-refractivity contribution in [3.8, 4) is 0 Å². The highest BCUT2D eigenvalue weighted by Crippen LogP contribution is 2.14. The zero-order chi connectivity index (χ0) is 8.97. The van der Waals surface area contributed by atoms with Gasteiger partial charge < -0.3 is 11.1 Å². The number of nitrogens with two attached hydrogens (primary N) is 1. The Bertz CT molecular complexity index is 288. The Hall–Kier alpha value is -1.22. The van der Waals surface area contributed by atoms with Crippen LogP contribution in [0.5, 0.6) is 0 Å². The molecule has 1 aromatic rings. The molecule has 0 aromatic heterocycles. The van der Waals surface area contributed by atoms with Crippen molar-refractivity contribution in [2.45, 2.75) is 0 Å². The Balaban J connectivity index is 2.57. The Morgan fingerprint density at radius 3 is 2.92 bits per heavy atom. The topological polar surface area (TPSA) is 55.1 Å². The van der Waals surface area contributed by atoms with Gasteiger partial charge in [0.05, 0.1) is 6.54 Å². The Morgan fingerprint density at radius 2 is 2.33 bits per heavy atom. The van der Waals surface area contributed by atoms with E-state index >= 15 is 0 Å². The maximum absolute atomic E-state index is 10.4. The number of carbonyl (C=O) groups is 1. The molecule has 0 spiro atoms. The van der Waals surface area contributed by atoms with E-state index in [1.165, 1.54) is 0 Å². The molecular weight excluding hydrogens is 176 g/mol. The lowest BCUT2D eigenvalue weighted by atomic mass is 10.3. The van der Waals surface area contributed by atoms with Gasteiger partial charge in [0.2, 0.25) is 5.91 Å². The van der Waals surface area contributed by atoms with Gasteiger partial charge in [0.15, 0.2) is 0 Å². The molecule has 0 saturated carbocycles. The number of carbonyl (C=O) groups excluding carboxylic acids is 1. The van der Waals surface area contributed by atoms with Crippen molar-refractivity contribution in [3.63, 3.8) is 0 Å². The maximum atomic E-state index is 10.4. The number of primary amides is 1. The maximum Gasteiger partial charge on any atom is 0.236 e. The third-order valence-electron chi connectivity index (χ3n) is 1.29. The lowest BCUT2D eigenvalue weighted by Crippen LogP contribution is -2.21. The number of halogens is 1. The average Bonchev–Trinajstić information content (AvgIpc) is 2.01. The first-order valence-corrected chi connectivity index (χ1v) is 3.84. The minimum Gasteiger partial charge on any atom is -0.376 e.